The summed E-state index contributed by atoms with van der Waals surface area (Å²) >= 11 is 0. The lowest BCUT2D eigenvalue weighted by atomic mass is 9.55. The van der Waals surface area contributed by atoms with Gasteiger partial charge < -0.3 is 4.65 Å². The van der Waals surface area contributed by atoms with Crippen molar-refractivity contribution in [3.63, 3.8) is 0 Å². The molecule has 0 amide bonds. The predicted molar refractivity (Wildman–Crippen MR) is 105 cm³/mol. The number of benzene rings is 3. The van der Waals surface area contributed by atoms with Gasteiger partial charge in [0.1, 0.15) is 22.9 Å². The van der Waals surface area contributed by atoms with E-state index in [1.165, 1.54) is 24.3 Å². The zero-order chi connectivity index (χ0) is 18.8. The smallest absolute Gasteiger partial charge is 0.426 e. The molecule has 0 N–H and O–H groups in total. The van der Waals surface area contributed by atoms with Crippen LogP contribution in [0, 0.1) is 18.6 Å². The van der Waals surface area contributed by atoms with Gasteiger partial charge in [0.2, 0.25) is 0 Å². The SMILES string of the molecule is Cc1ccc2cccc(OB(c3ccc(F)cc3)c3ccc(F)cc3)c2n1. The number of hydrogen-bond acceptors (Lipinski definition) is 2. The molecule has 0 bridgehead atoms. The van der Waals surface area contributed by atoms with Gasteiger partial charge in [-0.25, -0.2) is 13.8 Å². The Bertz CT molecular complexity index is 1040. The Kier molecular flexibility index (Phi) is 4.59. The molecule has 2 nitrogen and oxygen atoms in total. The van der Waals surface area contributed by atoms with E-state index >= 15 is 0 Å². The summed E-state index contributed by atoms with van der Waals surface area (Å²) in [7, 11) is 0. The van der Waals surface area contributed by atoms with E-state index in [1.807, 2.05) is 37.3 Å². The van der Waals surface area contributed by atoms with Crippen LogP contribution in [0.5, 0.6) is 5.75 Å². The minimum absolute atomic E-state index is 0.320. The number of nitrogens with zero attached hydrogens (tertiary/aromatic N) is 1. The van der Waals surface area contributed by atoms with E-state index < -0.39 is 6.92 Å². The molecule has 4 aromatic rings. The summed E-state index contributed by atoms with van der Waals surface area (Å²) in [6.07, 6.45) is 0. The van der Waals surface area contributed by atoms with E-state index in [2.05, 4.69) is 4.98 Å². The van der Waals surface area contributed by atoms with Crippen molar-refractivity contribution in [3.05, 3.63) is 96.2 Å². The number of halogens is 2. The first-order valence-corrected chi connectivity index (χ1v) is 8.64. The number of para-hydroxylation sites is 1. The Morgan fingerprint density at radius 2 is 1.33 bits per heavy atom. The van der Waals surface area contributed by atoms with Gasteiger partial charge >= 0.3 is 6.92 Å². The Labute approximate surface area is 156 Å². The van der Waals surface area contributed by atoms with Gasteiger partial charge in [-0.3, -0.25) is 0 Å². The summed E-state index contributed by atoms with van der Waals surface area (Å²) in [5.41, 5.74) is 3.19. The molecule has 0 aliphatic heterocycles. The maximum atomic E-state index is 13.4. The summed E-state index contributed by atoms with van der Waals surface area (Å²) in [5, 5.41) is 0.968. The van der Waals surface area contributed by atoms with E-state index in [1.54, 1.807) is 24.3 Å². The van der Waals surface area contributed by atoms with Gasteiger partial charge in [0.25, 0.3) is 0 Å². The van der Waals surface area contributed by atoms with Crippen molar-refractivity contribution in [2.75, 3.05) is 0 Å². The van der Waals surface area contributed by atoms with Crippen LogP contribution < -0.4 is 15.6 Å². The van der Waals surface area contributed by atoms with Gasteiger partial charge in [-0.2, -0.15) is 0 Å². The highest BCUT2D eigenvalue weighted by Gasteiger charge is 2.25. The molecular formula is C22H16BF2NO. The molecule has 0 radical (unpaired) electrons. The third kappa shape index (κ3) is 3.67. The largest absolute Gasteiger partial charge is 0.550 e. The highest BCUT2D eigenvalue weighted by atomic mass is 19.1. The first-order valence-electron chi connectivity index (χ1n) is 8.64. The molecule has 0 aliphatic carbocycles. The van der Waals surface area contributed by atoms with Crippen molar-refractivity contribution in [2.45, 2.75) is 6.92 Å². The van der Waals surface area contributed by atoms with Crippen LogP contribution in [0.15, 0.2) is 78.9 Å². The minimum atomic E-state index is -0.515. The Morgan fingerprint density at radius 1 is 0.741 bits per heavy atom. The molecule has 0 atom stereocenters. The quantitative estimate of drug-likeness (QED) is 0.514. The Hall–Kier alpha value is -3.21. The summed E-state index contributed by atoms with van der Waals surface area (Å²) in [4.78, 5) is 4.60. The molecule has 0 saturated heterocycles. The van der Waals surface area contributed by atoms with Crippen LogP contribution in [0.2, 0.25) is 0 Å². The van der Waals surface area contributed by atoms with Crippen molar-refractivity contribution < 1.29 is 13.4 Å². The highest BCUT2D eigenvalue weighted by molar-refractivity contribution is 6.80. The second-order valence-corrected chi connectivity index (χ2v) is 6.38. The molecule has 0 aliphatic rings. The van der Waals surface area contributed by atoms with E-state index in [-0.39, 0.29) is 11.6 Å². The van der Waals surface area contributed by atoms with Crippen molar-refractivity contribution >= 4 is 28.7 Å². The van der Waals surface area contributed by atoms with Crippen molar-refractivity contribution in [1.82, 2.24) is 4.98 Å². The second kappa shape index (κ2) is 7.19. The fraction of sp³-hybridized carbons (Fsp3) is 0.0455. The van der Waals surface area contributed by atoms with Gasteiger partial charge in [0.05, 0.1) is 0 Å². The monoisotopic (exact) mass is 359 g/mol. The van der Waals surface area contributed by atoms with Crippen LogP contribution >= 0.6 is 0 Å². The third-order valence-electron chi connectivity index (χ3n) is 4.41. The first-order chi connectivity index (χ1) is 13.1. The summed E-state index contributed by atoms with van der Waals surface area (Å²) in [6, 6.07) is 21.9. The minimum Gasteiger partial charge on any atom is -0.550 e. The molecule has 0 unspecified atom stereocenters. The van der Waals surface area contributed by atoms with Gasteiger partial charge in [0, 0.05) is 11.1 Å². The van der Waals surface area contributed by atoms with Gasteiger partial charge in [-0.1, -0.05) is 42.5 Å². The fourth-order valence-corrected chi connectivity index (χ4v) is 3.04. The zero-order valence-electron chi connectivity index (χ0n) is 14.7. The zero-order valence-corrected chi connectivity index (χ0v) is 14.7. The van der Waals surface area contributed by atoms with Gasteiger partial charge in [-0.05, 0) is 54.2 Å². The average molecular weight is 359 g/mol. The van der Waals surface area contributed by atoms with Crippen LogP contribution in [-0.2, 0) is 0 Å². The van der Waals surface area contributed by atoms with Crippen molar-refractivity contribution in [1.29, 1.82) is 0 Å². The molecule has 0 saturated carbocycles. The van der Waals surface area contributed by atoms with E-state index in [0.29, 0.717) is 5.75 Å². The van der Waals surface area contributed by atoms with Gasteiger partial charge in [0.15, 0.2) is 0 Å². The lowest BCUT2D eigenvalue weighted by molar-refractivity contribution is 0.596. The van der Waals surface area contributed by atoms with Crippen LogP contribution in [-0.4, -0.2) is 11.9 Å². The van der Waals surface area contributed by atoms with Crippen LogP contribution in [0.25, 0.3) is 10.9 Å². The Morgan fingerprint density at radius 3 is 1.93 bits per heavy atom. The molecule has 132 valence electrons. The number of hydrogen-bond donors (Lipinski definition) is 0. The average Bonchev–Trinajstić information content (AvgIpc) is 2.68. The van der Waals surface area contributed by atoms with Gasteiger partial charge in [-0.15, -0.1) is 0 Å². The molecule has 27 heavy (non-hydrogen) atoms. The lowest BCUT2D eigenvalue weighted by Crippen LogP contribution is -2.47. The number of aryl methyl sites for hydroxylation is 1. The molecule has 0 spiro atoms. The van der Waals surface area contributed by atoms with Crippen molar-refractivity contribution in [3.8, 4) is 5.75 Å². The van der Waals surface area contributed by atoms with E-state index in [0.717, 1.165) is 27.5 Å². The highest BCUT2D eigenvalue weighted by Crippen LogP contribution is 2.24. The molecule has 4 rings (SSSR count). The summed E-state index contributed by atoms with van der Waals surface area (Å²) in [5.74, 6) is -0.0204. The third-order valence-corrected chi connectivity index (χ3v) is 4.41. The fourth-order valence-electron chi connectivity index (χ4n) is 3.04. The maximum absolute atomic E-state index is 13.4. The normalized spacial score (nSPS) is 10.8. The first kappa shape index (κ1) is 17.2. The van der Waals surface area contributed by atoms with E-state index in [9.17, 15) is 8.78 Å². The standard InChI is InChI=1S/C22H16BF2NO/c1-15-5-6-16-3-2-4-21(22(16)26-15)27-23(17-7-11-19(24)12-8-17)18-9-13-20(25)14-10-18/h2-14H,1H3. The van der Waals surface area contributed by atoms with Crippen molar-refractivity contribution in [2.24, 2.45) is 0 Å². The second-order valence-electron chi connectivity index (χ2n) is 6.38. The van der Waals surface area contributed by atoms with E-state index in [4.69, 9.17) is 4.65 Å². The molecule has 0 fully saturated rings. The predicted octanol–water partition coefficient (Wildman–Crippen LogP) is 4.01. The Balaban J connectivity index is 1.81. The summed E-state index contributed by atoms with van der Waals surface area (Å²) in [6.45, 7) is 1.41. The maximum Gasteiger partial charge on any atom is 0.426 e. The molecule has 1 heterocycles. The molecule has 1 aromatic heterocycles. The molecule has 5 heteroatoms. The van der Waals surface area contributed by atoms with Crippen LogP contribution in [0.4, 0.5) is 8.78 Å². The topological polar surface area (TPSA) is 22.1 Å². The molecule has 3 aromatic carbocycles. The number of fused-ring (bicyclic) bond motifs is 1. The molecular weight excluding hydrogens is 343 g/mol. The van der Waals surface area contributed by atoms with Crippen LogP contribution in [0.3, 0.4) is 0 Å². The number of aromatic nitrogens is 1. The lowest BCUT2D eigenvalue weighted by Gasteiger charge is -2.18. The number of pyridine rings is 1. The van der Waals surface area contributed by atoms with Crippen LogP contribution in [0.1, 0.15) is 5.69 Å². The number of rotatable bonds is 4. The summed E-state index contributed by atoms with van der Waals surface area (Å²) < 4.78 is 33.1.